The number of hydrogen-bond acceptors (Lipinski definition) is 4. The lowest BCUT2D eigenvalue weighted by Crippen LogP contribution is -2.60. The Balaban J connectivity index is 3.34. The topological polar surface area (TPSA) is 104 Å². The fraction of sp³-hybridized carbons (Fsp3) is 0.636. The van der Waals surface area contributed by atoms with Crippen LogP contribution in [-0.4, -0.2) is 5.66 Å². The van der Waals surface area contributed by atoms with Gasteiger partial charge in [-0.3, -0.25) is 0 Å². The van der Waals surface area contributed by atoms with E-state index < -0.39 is 5.66 Å². The number of allylic oxidation sites excluding steroid dienone is 1. The zero-order valence-corrected chi connectivity index (χ0v) is 9.80. The first-order valence-electron chi connectivity index (χ1n) is 5.41. The number of rotatable bonds is 2. The molecule has 1 aliphatic carbocycles. The summed E-state index contributed by atoms with van der Waals surface area (Å²) in [5, 5.41) is 0. The van der Waals surface area contributed by atoms with E-state index in [0.29, 0.717) is 11.4 Å². The first-order valence-corrected chi connectivity index (χ1v) is 5.41. The highest BCUT2D eigenvalue weighted by atomic mass is 15.0. The minimum atomic E-state index is -0.854. The lowest BCUT2D eigenvalue weighted by Gasteiger charge is -2.40. The molecule has 0 spiro atoms. The maximum absolute atomic E-state index is 6.14. The summed E-state index contributed by atoms with van der Waals surface area (Å²) in [6, 6.07) is 0. The van der Waals surface area contributed by atoms with Gasteiger partial charge in [-0.05, 0) is 30.9 Å². The van der Waals surface area contributed by atoms with Crippen molar-refractivity contribution in [3.8, 4) is 0 Å². The van der Waals surface area contributed by atoms with E-state index in [1.165, 1.54) is 0 Å². The van der Waals surface area contributed by atoms with E-state index in [9.17, 15) is 0 Å². The quantitative estimate of drug-likeness (QED) is 0.498. The van der Waals surface area contributed by atoms with Crippen LogP contribution in [0.1, 0.15) is 33.6 Å². The SMILES string of the molecule is CCC1=C(C)C(N)(N)C(CC)C(N)=C1N. The van der Waals surface area contributed by atoms with Gasteiger partial charge in [0.05, 0.1) is 11.4 Å². The summed E-state index contributed by atoms with van der Waals surface area (Å²) in [7, 11) is 0. The zero-order chi connectivity index (χ0) is 11.8. The van der Waals surface area contributed by atoms with Crippen molar-refractivity contribution in [2.24, 2.45) is 28.9 Å². The summed E-state index contributed by atoms with van der Waals surface area (Å²) in [5.74, 6) is -0.0622. The first kappa shape index (κ1) is 12.1. The van der Waals surface area contributed by atoms with Gasteiger partial charge in [-0.15, -0.1) is 0 Å². The third-order valence-electron chi connectivity index (χ3n) is 3.45. The van der Waals surface area contributed by atoms with Gasteiger partial charge in [-0.2, -0.15) is 0 Å². The molecular formula is C11H22N4. The van der Waals surface area contributed by atoms with Crippen LogP contribution < -0.4 is 22.9 Å². The zero-order valence-electron chi connectivity index (χ0n) is 9.80. The molecule has 0 saturated heterocycles. The van der Waals surface area contributed by atoms with Gasteiger partial charge in [-0.25, -0.2) is 0 Å². The summed E-state index contributed by atoms with van der Waals surface area (Å²) in [6.45, 7) is 5.99. The number of nitrogens with two attached hydrogens (primary N) is 4. The van der Waals surface area contributed by atoms with Crippen molar-refractivity contribution in [3.63, 3.8) is 0 Å². The highest BCUT2D eigenvalue weighted by Gasteiger charge is 2.39. The van der Waals surface area contributed by atoms with Crippen molar-refractivity contribution >= 4 is 0 Å². The van der Waals surface area contributed by atoms with Crippen molar-refractivity contribution in [2.75, 3.05) is 0 Å². The molecule has 0 aromatic carbocycles. The summed E-state index contributed by atoms with van der Waals surface area (Å²) in [6.07, 6.45) is 1.61. The molecule has 0 saturated carbocycles. The Morgan fingerprint density at radius 2 is 1.73 bits per heavy atom. The fourth-order valence-corrected chi connectivity index (χ4v) is 2.36. The molecule has 0 amide bonds. The van der Waals surface area contributed by atoms with E-state index in [1.54, 1.807) is 0 Å². The Morgan fingerprint density at radius 3 is 2.13 bits per heavy atom. The average Bonchev–Trinajstić information content (AvgIpc) is 2.17. The Hall–Kier alpha value is -1.00. The van der Waals surface area contributed by atoms with E-state index in [-0.39, 0.29) is 5.92 Å². The molecule has 1 rings (SSSR count). The second-order valence-electron chi connectivity index (χ2n) is 4.22. The fourth-order valence-electron chi connectivity index (χ4n) is 2.36. The molecule has 0 fully saturated rings. The van der Waals surface area contributed by atoms with Gasteiger partial charge in [0.1, 0.15) is 0 Å². The number of hydrogen-bond donors (Lipinski definition) is 4. The van der Waals surface area contributed by atoms with E-state index in [1.807, 2.05) is 20.8 Å². The van der Waals surface area contributed by atoms with E-state index in [0.717, 1.165) is 24.0 Å². The molecule has 0 bridgehead atoms. The normalized spacial score (nSPS) is 26.1. The molecule has 15 heavy (non-hydrogen) atoms. The Morgan fingerprint density at radius 1 is 1.20 bits per heavy atom. The molecule has 0 radical (unpaired) electrons. The second kappa shape index (κ2) is 3.87. The molecule has 4 heteroatoms. The van der Waals surface area contributed by atoms with Crippen LogP contribution in [0.4, 0.5) is 0 Å². The largest absolute Gasteiger partial charge is 0.400 e. The minimum absolute atomic E-state index is 0.0622. The summed E-state index contributed by atoms with van der Waals surface area (Å²) < 4.78 is 0. The molecule has 8 N–H and O–H groups in total. The lowest BCUT2D eigenvalue weighted by atomic mass is 9.75. The predicted molar refractivity (Wildman–Crippen MR) is 63.3 cm³/mol. The van der Waals surface area contributed by atoms with Crippen LogP contribution in [0, 0.1) is 5.92 Å². The van der Waals surface area contributed by atoms with Crippen molar-refractivity contribution in [1.29, 1.82) is 0 Å². The third-order valence-corrected chi connectivity index (χ3v) is 3.45. The summed E-state index contributed by atoms with van der Waals surface area (Å²) in [4.78, 5) is 0. The first-order chi connectivity index (χ1) is 6.87. The molecule has 4 nitrogen and oxygen atoms in total. The summed E-state index contributed by atoms with van der Waals surface area (Å²) >= 11 is 0. The van der Waals surface area contributed by atoms with Gasteiger partial charge < -0.3 is 22.9 Å². The van der Waals surface area contributed by atoms with Crippen molar-refractivity contribution in [1.82, 2.24) is 0 Å². The van der Waals surface area contributed by atoms with Crippen molar-refractivity contribution in [3.05, 3.63) is 22.5 Å². The molecule has 0 aliphatic heterocycles. The van der Waals surface area contributed by atoms with Crippen molar-refractivity contribution in [2.45, 2.75) is 39.3 Å². The molecule has 0 aromatic heterocycles. The maximum atomic E-state index is 6.14. The van der Waals surface area contributed by atoms with Gasteiger partial charge in [-0.1, -0.05) is 13.8 Å². The highest BCUT2D eigenvalue weighted by molar-refractivity contribution is 5.45. The van der Waals surface area contributed by atoms with Crippen LogP contribution in [-0.2, 0) is 0 Å². The van der Waals surface area contributed by atoms with Gasteiger partial charge in [0.15, 0.2) is 0 Å². The van der Waals surface area contributed by atoms with Crippen LogP contribution in [0.5, 0.6) is 0 Å². The lowest BCUT2D eigenvalue weighted by molar-refractivity contribution is 0.344. The monoisotopic (exact) mass is 210 g/mol. The Bertz CT molecular complexity index is 325. The standard InChI is InChI=1S/C11H22N4/c1-4-7-6(3)11(14,15)8(5-2)10(13)9(7)12/h8H,4-5,12-15H2,1-3H3. The van der Waals surface area contributed by atoms with Crippen LogP contribution >= 0.6 is 0 Å². The average molecular weight is 210 g/mol. The van der Waals surface area contributed by atoms with Crippen LogP contribution in [0.3, 0.4) is 0 Å². The van der Waals surface area contributed by atoms with Crippen molar-refractivity contribution < 1.29 is 0 Å². The predicted octanol–water partition coefficient (Wildman–Crippen LogP) is 0.495. The van der Waals surface area contributed by atoms with E-state index in [2.05, 4.69) is 0 Å². The van der Waals surface area contributed by atoms with Gasteiger partial charge in [0.2, 0.25) is 0 Å². The van der Waals surface area contributed by atoms with E-state index in [4.69, 9.17) is 22.9 Å². The van der Waals surface area contributed by atoms with Gasteiger partial charge in [0, 0.05) is 11.6 Å². The molecule has 1 atom stereocenters. The molecule has 86 valence electrons. The molecular weight excluding hydrogens is 188 g/mol. The molecule has 0 heterocycles. The van der Waals surface area contributed by atoms with Gasteiger partial charge in [0.25, 0.3) is 0 Å². The van der Waals surface area contributed by atoms with Gasteiger partial charge >= 0.3 is 0 Å². The molecule has 1 unspecified atom stereocenters. The Kier molecular flexibility index (Phi) is 3.11. The van der Waals surface area contributed by atoms with Crippen LogP contribution in [0.2, 0.25) is 0 Å². The molecule has 0 aromatic rings. The smallest absolute Gasteiger partial charge is 0.0947 e. The minimum Gasteiger partial charge on any atom is -0.400 e. The highest BCUT2D eigenvalue weighted by Crippen LogP contribution is 2.36. The molecule has 1 aliphatic rings. The third kappa shape index (κ3) is 1.64. The second-order valence-corrected chi connectivity index (χ2v) is 4.22. The Labute approximate surface area is 91.4 Å². The van der Waals surface area contributed by atoms with Crippen LogP contribution in [0.15, 0.2) is 22.5 Å². The van der Waals surface area contributed by atoms with E-state index >= 15 is 0 Å². The maximum Gasteiger partial charge on any atom is 0.0947 e. The van der Waals surface area contributed by atoms with Crippen LogP contribution in [0.25, 0.3) is 0 Å². The summed E-state index contributed by atoms with van der Waals surface area (Å²) in [5.41, 5.74) is 26.7.